The first kappa shape index (κ1) is 19.6. The number of amides is 3. The van der Waals surface area contributed by atoms with E-state index in [2.05, 4.69) is 20.4 Å². The fraction of sp³-hybridized carbons (Fsp3) is 0.579. The maximum atomic E-state index is 13.8. The van der Waals surface area contributed by atoms with Gasteiger partial charge in [0.2, 0.25) is 5.91 Å². The van der Waals surface area contributed by atoms with Gasteiger partial charge in [-0.15, -0.1) is 0 Å². The predicted octanol–water partition coefficient (Wildman–Crippen LogP) is 1.33. The van der Waals surface area contributed by atoms with Crippen molar-refractivity contribution in [1.29, 1.82) is 0 Å². The normalized spacial score (nSPS) is 19.4. The van der Waals surface area contributed by atoms with E-state index in [-0.39, 0.29) is 29.6 Å². The zero-order valence-electron chi connectivity index (χ0n) is 15.8. The van der Waals surface area contributed by atoms with Crippen molar-refractivity contribution in [2.45, 2.75) is 38.4 Å². The topological polar surface area (TPSA) is 73.9 Å². The molecule has 27 heavy (non-hydrogen) atoms. The molecule has 8 heteroatoms. The van der Waals surface area contributed by atoms with Crippen LogP contribution in [0.1, 0.15) is 25.3 Å². The molecule has 1 unspecified atom stereocenters. The second-order valence-corrected chi connectivity index (χ2v) is 7.19. The van der Waals surface area contributed by atoms with Crippen molar-refractivity contribution in [3.8, 4) is 5.75 Å². The number of nitrogens with one attached hydrogen (secondary N) is 2. The minimum absolute atomic E-state index is 0.222. The number of methoxy groups -OCH3 is 1. The third-order valence-corrected chi connectivity index (χ3v) is 5.11. The van der Waals surface area contributed by atoms with Crippen LogP contribution < -0.4 is 15.4 Å². The van der Waals surface area contributed by atoms with Crippen LogP contribution in [0.4, 0.5) is 9.18 Å². The second kappa shape index (κ2) is 8.67. The first-order chi connectivity index (χ1) is 13.0. The first-order valence-electron chi connectivity index (χ1n) is 9.36. The van der Waals surface area contributed by atoms with Gasteiger partial charge in [0.05, 0.1) is 13.2 Å². The van der Waals surface area contributed by atoms with E-state index in [0.717, 1.165) is 44.6 Å². The van der Waals surface area contributed by atoms with Gasteiger partial charge < -0.3 is 10.1 Å². The lowest BCUT2D eigenvalue weighted by atomic mass is 10.1. The maximum Gasteiger partial charge on any atom is 0.321 e. The third kappa shape index (κ3) is 5.40. The van der Waals surface area contributed by atoms with Gasteiger partial charge in [-0.1, -0.05) is 6.07 Å². The Morgan fingerprint density at radius 1 is 1.26 bits per heavy atom. The molecule has 3 amide bonds. The molecule has 1 saturated carbocycles. The van der Waals surface area contributed by atoms with Gasteiger partial charge in [0.15, 0.2) is 11.6 Å². The van der Waals surface area contributed by atoms with E-state index in [0.29, 0.717) is 6.54 Å². The Balaban J connectivity index is 1.44. The molecule has 2 N–H and O–H groups in total. The van der Waals surface area contributed by atoms with Gasteiger partial charge >= 0.3 is 6.03 Å². The van der Waals surface area contributed by atoms with E-state index >= 15 is 0 Å². The van der Waals surface area contributed by atoms with Crippen LogP contribution in [-0.4, -0.2) is 67.1 Å². The summed E-state index contributed by atoms with van der Waals surface area (Å²) in [6, 6.07) is 4.45. The average Bonchev–Trinajstić information content (AvgIpc) is 3.45. The molecular formula is C19H27FN4O3. The molecular weight excluding hydrogens is 351 g/mol. The number of nitrogens with zero attached hydrogens (tertiary/aromatic N) is 2. The number of halogens is 1. The van der Waals surface area contributed by atoms with Crippen LogP contribution in [0.5, 0.6) is 5.75 Å². The zero-order chi connectivity index (χ0) is 19.4. The first-order valence-corrected chi connectivity index (χ1v) is 9.36. The van der Waals surface area contributed by atoms with Crippen LogP contribution in [0, 0.1) is 5.82 Å². The molecule has 1 saturated heterocycles. The number of benzene rings is 1. The van der Waals surface area contributed by atoms with Crippen LogP contribution in [0.15, 0.2) is 18.2 Å². The molecule has 1 aliphatic carbocycles. The van der Waals surface area contributed by atoms with Crippen molar-refractivity contribution < 1.29 is 18.7 Å². The van der Waals surface area contributed by atoms with Gasteiger partial charge in [0.25, 0.3) is 0 Å². The molecule has 2 aliphatic rings. The number of hydrogen-bond donors (Lipinski definition) is 2. The average molecular weight is 378 g/mol. The van der Waals surface area contributed by atoms with Gasteiger partial charge in [-0.05, 0) is 37.5 Å². The summed E-state index contributed by atoms with van der Waals surface area (Å²) < 4.78 is 18.8. The Labute approximate surface area is 158 Å². The van der Waals surface area contributed by atoms with Crippen molar-refractivity contribution >= 4 is 11.9 Å². The Hall–Kier alpha value is -2.19. The molecule has 1 atom stereocenters. The van der Waals surface area contributed by atoms with Crippen molar-refractivity contribution in [1.82, 2.24) is 20.4 Å². The molecule has 7 nitrogen and oxygen atoms in total. The Morgan fingerprint density at radius 3 is 2.56 bits per heavy atom. The molecule has 1 heterocycles. The molecule has 1 aromatic carbocycles. The summed E-state index contributed by atoms with van der Waals surface area (Å²) in [4.78, 5) is 28.2. The summed E-state index contributed by atoms with van der Waals surface area (Å²) in [6.07, 6.45) is 1.97. The van der Waals surface area contributed by atoms with Gasteiger partial charge in [0, 0.05) is 38.8 Å². The van der Waals surface area contributed by atoms with Crippen molar-refractivity contribution in [3.63, 3.8) is 0 Å². The molecule has 0 aromatic heterocycles. The van der Waals surface area contributed by atoms with Crippen LogP contribution in [0.2, 0.25) is 0 Å². The summed E-state index contributed by atoms with van der Waals surface area (Å²) in [5, 5.41) is 5.17. The quantitative estimate of drug-likeness (QED) is 0.781. The van der Waals surface area contributed by atoms with Gasteiger partial charge in [-0.3, -0.25) is 19.9 Å². The van der Waals surface area contributed by atoms with E-state index in [9.17, 15) is 14.0 Å². The number of imide groups is 1. The summed E-state index contributed by atoms with van der Waals surface area (Å²) in [7, 11) is 1.45. The molecule has 0 spiro atoms. The Kier molecular flexibility index (Phi) is 6.28. The van der Waals surface area contributed by atoms with Crippen LogP contribution in [-0.2, 0) is 11.3 Å². The molecule has 1 aromatic rings. The Bertz CT molecular complexity index is 688. The molecule has 1 aliphatic heterocycles. The van der Waals surface area contributed by atoms with Crippen LogP contribution >= 0.6 is 0 Å². The summed E-state index contributed by atoms with van der Waals surface area (Å²) in [5.74, 6) is -0.392. The smallest absolute Gasteiger partial charge is 0.321 e. The number of urea groups is 1. The number of piperazine rings is 1. The van der Waals surface area contributed by atoms with Crippen molar-refractivity contribution in [2.75, 3.05) is 33.3 Å². The molecule has 0 radical (unpaired) electrons. The highest BCUT2D eigenvalue weighted by Gasteiger charge is 2.28. The van der Waals surface area contributed by atoms with E-state index < -0.39 is 6.03 Å². The minimum Gasteiger partial charge on any atom is -0.494 e. The van der Waals surface area contributed by atoms with Crippen molar-refractivity contribution in [2.24, 2.45) is 0 Å². The van der Waals surface area contributed by atoms with Crippen molar-refractivity contribution in [3.05, 3.63) is 29.6 Å². The van der Waals surface area contributed by atoms with Crippen LogP contribution in [0.3, 0.4) is 0 Å². The number of rotatable bonds is 6. The Morgan fingerprint density at radius 2 is 1.96 bits per heavy atom. The van der Waals surface area contributed by atoms with Crippen LogP contribution in [0.25, 0.3) is 0 Å². The fourth-order valence-corrected chi connectivity index (χ4v) is 3.21. The van der Waals surface area contributed by atoms with Gasteiger partial charge in [-0.2, -0.15) is 0 Å². The third-order valence-electron chi connectivity index (χ3n) is 5.11. The van der Waals surface area contributed by atoms with Gasteiger partial charge in [0.1, 0.15) is 0 Å². The summed E-state index contributed by atoms with van der Waals surface area (Å²) in [6.45, 7) is 5.46. The highest BCUT2D eigenvalue weighted by atomic mass is 19.1. The molecule has 0 bridgehead atoms. The number of ether oxygens (including phenoxy) is 1. The molecule has 2 fully saturated rings. The van der Waals surface area contributed by atoms with E-state index in [4.69, 9.17) is 4.74 Å². The highest BCUT2D eigenvalue weighted by Crippen LogP contribution is 2.20. The van der Waals surface area contributed by atoms with E-state index in [1.54, 1.807) is 6.07 Å². The zero-order valence-corrected chi connectivity index (χ0v) is 15.8. The monoisotopic (exact) mass is 378 g/mol. The van der Waals surface area contributed by atoms with Gasteiger partial charge in [-0.25, -0.2) is 9.18 Å². The summed E-state index contributed by atoms with van der Waals surface area (Å²) >= 11 is 0. The summed E-state index contributed by atoms with van der Waals surface area (Å²) in [5.41, 5.74) is 0.893. The van der Waals surface area contributed by atoms with E-state index in [1.807, 2.05) is 13.0 Å². The predicted molar refractivity (Wildman–Crippen MR) is 99.0 cm³/mol. The highest BCUT2D eigenvalue weighted by molar-refractivity contribution is 5.97. The largest absolute Gasteiger partial charge is 0.494 e. The number of carbonyl (C=O) groups is 2. The lowest BCUT2D eigenvalue weighted by Crippen LogP contribution is -2.55. The standard InChI is InChI=1S/C19H27FN4O3/c1-13(18(25)22-19(26)21-15-4-5-15)24-9-7-23(8-10-24)12-14-3-6-17(27-2)16(20)11-14/h3,6,11,13,15H,4-5,7-10,12H2,1-2H3,(H2,21,22,25,26). The lowest BCUT2D eigenvalue weighted by molar-refractivity contribution is -0.125. The second-order valence-electron chi connectivity index (χ2n) is 7.19. The minimum atomic E-state index is -0.408. The lowest BCUT2D eigenvalue weighted by Gasteiger charge is -2.37. The molecule has 3 rings (SSSR count). The number of hydrogen-bond acceptors (Lipinski definition) is 5. The molecule has 148 valence electrons. The maximum absolute atomic E-state index is 13.8. The number of carbonyl (C=O) groups excluding carboxylic acids is 2. The SMILES string of the molecule is COc1ccc(CN2CCN(C(C)C(=O)NC(=O)NC3CC3)CC2)cc1F. The van der Waals surface area contributed by atoms with E-state index in [1.165, 1.54) is 13.2 Å². The fourth-order valence-electron chi connectivity index (χ4n) is 3.21.